The molecule has 3 aromatic heterocycles. The molecule has 1 saturated heterocycles. The minimum atomic E-state index is -3.46. The number of carbonyl (C=O) groups is 1. The third-order valence-corrected chi connectivity index (χ3v) is 8.42. The maximum absolute atomic E-state index is 12.6. The predicted octanol–water partition coefficient (Wildman–Crippen LogP) is 4.46. The SMILES string of the molecule is CC1CN(c2ccc(Nc3ncc4ccn(Cc5cccnc5N(C)S(C)(=O)=O)c4n3)cc2)CCN1C(=O)OC(C)(C)C. The average Bonchev–Trinajstić information content (AvgIpc) is 3.33. The third-order valence-electron chi connectivity index (χ3n) is 7.25. The number of hydrogen-bond acceptors (Lipinski definition) is 9. The molecule has 0 spiro atoms. The van der Waals surface area contributed by atoms with E-state index in [1.165, 1.54) is 11.4 Å². The number of sulfonamides is 1. The van der Waals surface area contributed by atoms with Crippen molar-refractivity contribution in [1.29, 1.82) is 0 Å². The zero-order valence-corrected chi connectivity index (χ0v) is 26.2. The molecule has 0 radical (unpaired) electrons. The van der Waals surface area contributed by atoms with Crippen molar-refractivity contribution in [2.24, 2.45) is 0 Å². The molecule has 43 heavy (non-hydrogen) atoms. The molecule has 5 rings (SSSR count). The first-order chi connectivity index (χ1) is 20.3. The summed E-state index contributed by atoms with van der Waals surface area (Å²) in [5.41, 5.74) is 2.85. The summed E-state index contributed by atoms with van der Waals surface area (Å²) >= 11 is 0. The fourth-order valence-electron chi connectivity index (χ4n) is 5.00. The number of aromatic nitrogens is 4. The van der Waals surface area contributed by atoms with Crippen LogP contribution in [0.15, 0.2) is 61.1 Å². The van der Waals surface area contributed by atoms with Crippen molar-refractivity contribution in [2.45, 2.75) is 45.9 Å². The van der Waals surface area contributed by atoms with Crippen LogP contribution in [-0.2, 0) is 21.3 Å². The Morgan fingerprint density at radius 3 is 2.53 bits per heavy atom. The number of anilines is 4. The molecular weight excluding hydrogens is 568 g/mol. The van der Waals surface area contributed by atoms with Crippen LogP contribution in [0.1, 0.15) is 33.3 Å². The summed E-state index contributed by atoms with van der Waals surface area (Å²) in [6, 6.07) is 13.6. The zero-order valence-electron chi connectivity index (χ0n) is 25.4. The molecule has 13 heteroatoms. The van der Waals surface area contributed by atoms with Gasteiger partial charge in [-0.25, -0.2) is 23.2 Å². The first-order valence-electron chi connectivity index (χ1n) is 14.1. The number of ether oxygens (including phenoxy) is 1. The Labute approximate surface area is 252 Å². The van der Waals surface area contributed by atoms with Crippen molar-refractivity contribution >= 4 is 50.3 Å². The largest absolute Gasteiger partial charge is 0.444 e. The molecule has 228 valence electrons. The van der Waals surface area contributed by atoms with Crippen molar-refractivity contribution in [3.8, 4) is 0 Å². The highest BCUT2D eigenvalue weighted by Gasteiger charge is 2.31. The van der Waals surface area contributed by atoms with Gasteiger partial charge in [0.15, 0.2) is 0 Å². The Balaban J connectivity index is 1.27. The van der Waals surface area contributed by atoms with Gasteiger partial charge < -0.3 is 24.4 Å². The second-order valence-electron chi connectivity index (χ2n) is 11.8. The van der Waals surface area contributed by atoms with Gasteiger partial charge >= 0.3 is 6.09 Å². The lowest BCUT2D eigenvalue weighted by molar-refractivity contribution is 0.0159. The molecule has 12 nitrogen and oxygen atoms in total. The fraction of sp³-hybridized carbons (Fsp3) is 0.400. The quantitative estimate of drug-likeness (QED) is 0.325. The molecule has 1 unspecified atom stereocenters. The topological polar surface area (TPSA) is 126 Å². The first kappa shape index (κ1) is 30.1. The number of fused-ring (bicyclic) bond motifs is 1. The molecule has 0 saturated carbocycles. The molecule has 1 aromatic carbocycles. The van der Waals surface area contributed by atoms with E-state index in [0.717, 1.165) is 28.6 Å². The maximum Gasteiger partial charge on any atom is 0.410 e. The number of nitrogens with one attached hydrogen (secondary N) is 1. The number of rotatable bonds is 7. The Bertz CT molecular complexity index is 1720. The van der Waals surface area contributed by atoms with Crippen LogP contribution < -0.4 is 14.5 Å². The molecule has 1 amide bonds. The Hall–Kier alpha value is -4.39. The van der Waals surface area contributed by atoms with E-state index in [-0.39, 0.29) is 12.1 Å². The van der Waals surface area contributed by atoms with Gasteiger partial charge in [-0.1, -0.05) is 6.07 Å². The summed E-state index contributed by atoms with van der Waals surface area (Å²) in [5, 5.41) is 4.15. The molecule has 0 bridgehead atoms. The molecular formula is C30H38N8O4S. The predicted molar refractivity (Wildman–Crippen MR) is 168 cm³/mol. The second-order valence-corrected chi connectivity index (χ2v) is 13.8. The molecule has 1 N–H and O–H groups in total. The molecule has 1 aliphatic rings. The van der Waals surface area contributed by atoms with Crippen molar-refractivity contribution < 1.29 is 17.9 Å². The Morgan fingerprint density at radius 1 is 1.12 bits per heavy atom. The standard InChI is InChI=1S/C30H38N8O4S/c1-21-19-36(16-17-38(21)29(39)42-30(2,3)4)25-11-9-24(10-12-25)33-28-32-18-22-13-15-37(27(22)34-28)20-23-8-7-14-31-26(23)35(5)43(6,40)41/h7-15,18,21H,16-17,19-20H2,1-6H3,(H,32,33,34). The Morgan fingerprint density at radius 2 is 1.86 bits per heavy atom. The van der Waals surface area contributed by atoms with E-state index in [1.807, 2.05) is 74.9 Å². The van der Waals surface area contributed by atoms with E-state index in [1.54, 1.807) is 23.4 Å². The van der Waals surface area contributed by atoms with Gasteiger partial charge in [-0.3, -0.25) is 4.31 Å². The number of pyridine rings is 1. The summed E-state index contributed by atoms with van der Waals surface area (Å²) in [7, 11) is -1.97. The van der Waals surface area contributed by atoms with Crippen LogP contribution >= 0.6 is 0 Å². The number of nitrogens with zero attached hydrogens (tertiary/aromatic N) is 7. The molecule has 4 aromatic rings. The van der Waals surface area contributed by atoms with E-state index < -0.39 is 15.6 Å². The van der Waals surface area contributed by atoms with Crippen LogP contribution in [0.5, 0.6) is 0 Å². The molecule has 1 atom stereocenters. The molecule has 0 aliphatic carbocycles. The van der Waals surface area contributed by atoms with Gasteiger partial charge in [0.25, 0.3) is 0 Å². The summed E-state index contributed by atoms with van der Waals surface area (Å²) < 4.78 is 33.0. The van der Waals surface area contributed by atoms with Gasteiger partial charge in [0.1, 0.15) is 17.1 Å². The molecule has 1 fully saturated rings. The van der Waals surface area contributed by atoms with Gasteiger partial charge in [-0.2, -0.15) is 4.98 Å². The second kappa shape index (κ2) is 11.7. The highest BCUT2D eigenvalue weighted by atomic mass is 32.2. The van der Waals surface area contributed by atoms with E-state index >= 15 is 0 Å². The number of hydrogen-bond donors (Lipinski definition) is 1. The number of piperazine rings is 1. The van der Waals surface area contributed by atoms with Crippen molar-refractivity contribution in [2.75, 3.05) is 47.5 Å². The average molecular weight is 607 g/mol. The summed E-state index contributed by atoms with van der Waals surface area (Å²) in [6.45, 7) is 10.1. The smallest absolute Gasteiger partial charge is 0.410 e. The Kier molecular flexibility index (Phi) is 8.19. The van der Waals surface area contributed by atoms with Gasteiger partial charge in [-0.05, 0) is 64.1 Å². The van der Waals surface area contributed by atoms with Gasteiger partial charge in [0.2, 0.25) is 16.0 Å². The van der Waals surface area contributed by atoms with Gasteiger partial charge in [0.05, 0.1) is 12.8 Å². The zero-order chi connectivity index (χ0) is 30.9. The summed E-state index contributed by atoms with van der Waals surface area (Å²) in [4.78, 5) is 30.2. The van der Waals surface area contributed by atoms with Crippen molar-refractivity contribution in [3.63, 3.8) is 0 Å². The minimum absolute atomic E-state index is 0.0206. The third kappa shape index (κ3) is 6.99. The van der Waals surface area contributed by atoms with Crippen LogP contribution in [0, 0.1) is 0 Å². The van der Waals surface area contributed by atoms with Gasteiger partial charge in [0, 0.05) is 73.6 Å². The summed E-state index contributed by atoms with van der Waals surface area (Å²) in [6.07, 6.45) is 6.12. The highest BCUT2D eigenvalue weighted by molar-refractivity contribution is 7.92. The van der Waals surface area contributed by atoms with Crippen LogP contribution in [0.4, 0.5) is 27.9 Å². The van der Waals surface area contributed by atoms with Crippen LogP contribution in [0.25, 0.3) is 11.0 Å². The molecule has 4 heterocycles. The lowest BCUT2D eigenvalue weighted by Crippen LogP contribution is -2.55. The molecule has 1 aliphatic heterocycles. The number of carbonyl (C=O) groups excluding carboxylic acids is 1. The number of benzene rings is 1. The normalized spacial score (nSPS) is 15.9. The van der Waals surface area contributed by atoms with Crippen molar-refractivity contribution in [1.82, 2.24) is 24.4 Å². The minimum Gasteiger partial charge on any atom is -0.444 e. The van der Waals surface area contributed by atoms with Crippen molar-refractivity contribution in [3.05, 3.63) is 66.6 Å². The highest BCUT2D eigenvalue weighted by Crippen LogP contribution is 2.26. The first-order valence-corrected chi connectivity index (χ1v) is 15.9. The van der Waals surface area contributed by atoms with Gasteiger partial charge in [-0.15, -0.1) is 0 Å². The number of amides is 1. The summed E-state index contributed by atoms with van der Waals surface area (Å²) in [5.74, 6) is 0.819. The lowest BCUT2D eigenvalue weighted by Gasteiger charge is -2.41. The monoisotopic (exact) mass is 606 g/mol. The van der Waals surface area contributed by atoms with E-state index in [4.69, 9.17) is 9.72 Å². The van der Waals surface area contributed by atoms with Crippen LogP contribution in [0.3, 0.4) is 0 Å². The van der Waals surface area contributed by atoms with Crippen LogP contribution in [-0.4, -0.2) is 83.5 Å². The van der Waals surface area contributed by atoms with E-state index in [0.29, 0.717) is 43.6 Å². The fourth-order valence-corrected chi connectivity index (χ4v) is 5.48. The van der Waals surface area contributed by atoms with E-state index in [9.17, 15) is 13.2 Å². The van der Waals surface area contributed by atoms with E-state index in [2.05, 4.69) is 20.2 Å². The maximum atomic E-state index is 12.6. The van der Waals surface area contributed by atoms with Crippen LogP contribution in [0.2, 0.25) is 0 Å². The lowest BCUT2D eigenvalue weighted by atomic mass is 10.1.